The molecule has 1 N–H and O–H groups in total. The average Bonchev–Trinajstić information content (AvgIpc) is 2.52. The fourth-order valence-electron chi connectivity index (χ4n) is 2.84. The number of nitrogens with zero attached hydrogens (tertiary/aromatic N) is 4. The van der Waals surface area contributed by atoms with Crippen LogP contribution in [0.2, 0.25) is 0 Å². The van der Waals surface area contributed by atoms with Crippen LogP contribution >= 0.6 is 0 Å². The van der Waals surface area contributed by atoms with E-state index in [0.717, 1.165) is 31.7 Å². The smallest absolute Gasteiger partial charge is 0.407 e. The molecule has 1 aromatic rings. The van der Waals surface area contributed by atoms with Crippen LogP contribution in [0.3, 0.4) is 0 Å². The lowest BCUT2D eigenvalue weighted by atomic mass is 9.94. The van der Waals surface area contributed by atoms with Gasteiger partial charge < -0.3 is 14.9 Å². The molecule has 0 spiro atoms. The summed E-state index contributed by atoms with van der Waals surface area (Å²) in [6, 6.07) is 1.69. The molecule has 1 aliphatic rings. The molecule has 0 unspecified atom stereocenters. The van der Waals surface area contributed by atoms with Crippen molar-refractivity contribution in [2.24, 2.45) is 5.92 Å². The summed E-state index contributed by atoms with van der Waals surface area (Å²) < 4.78 is 0. The molecule has 1 fully saturated rings. The highest BCUT2D eigenvalue weighted by Gasteiger charge is 2.30. The summed E-state index contributed by atoms with van der Waals surface area (Å²) in [6.07, 6.45) is 3.05. The van der Waals surface area contributed by atoms with Crippen molar-refractivity contribution in [3.63, 3.8) is 0 Å². The fraction of sp³-hybridized carbons (Fsp3) is 0.625. The van der Waals surface area contributed by atoms with Crippen molar-refractivity contribution in [2.75, 3.05) is 24.5 Å². The van der Waals surface area contributed by atoms with Crippen molar-refractivity contribution < 1.29 is 14.7 Å². The first-order chi connectivity index (χ1) is 10.8. The highest BCUT2D eigenvalue weighted by Crippen LogP contribution is 2.25. The molecular weight excluding hydrogens is 296 g/mol. The van der Waals surface area contributed by atoms with Crippen LogP contribution in [0, 0.1) is 5.92 Å². The van der Waals surface area contributed by atoms with Gasteiger partial charge in [0, 0.05) is 31.2 Å². The van der Waals surface area contributed by atoms with Crippen LogP contribution in [0.4, 0.5) is 10.6 Å². The van der Waals surface area contributed by atoms with E-state index in [1.807, 2.05) is 20.8 Å². The zero-order valence-corrected chi connectivity index (χ0v) is 13.9. The van der Waals surface area contributed by atoms with Gasteiger partial charge in [-0.1, -0.05) is 0 Å². The minimum Gasteiger partial charge on any atom is -0.465 e. The number of hydrogen-bond donors (Lipinski definition) is 1. The minimum atomic E-state index is -0.869. The molecule has 0 aliphatic carbocycles. The molecule has 0 bridgehead atoms. The molecule has 0 saturated carbocycles. The Morgan fingerprint density at radius 1 is 1.39 bits per heavy atom. The first kappa shape index (κ1) is 17.2. The highest BCUT2D eigenvalue weighted by atomic mass is 16.4. The molecule has 126 valence electrons. The highest BCUT2D eigenvalue weighted by molar-refractivity contribution is 5.73. The summed E-state index contributed by atoms with van der Waals surface area (Å²) >= 11 is 0. The van der Waals surface area contributed by atoms with Crippen molar-refractivity contribution in [3.05, 3.63) is 18.1 Å². The standard InChI is InChI=1S/C16H24N4O3/c1-16(2,3)20(15(22)23)9-12-4-6-19(7-5-12)14-8-13(10-21)17-11-18-14/h8,10-12H,4-7,9H2,1-3H3,(H,22,23). The molecule has 23 heavy (non-hydrogen) atoms. The van der Waals surface area contributed by atoms with E-state index in [0.29, 0.717) is 24.4 Å². The number of amides is 1. The molecule has 1 aliphatic heterocycles. The molecule has 1 saturated heterocycles. The van der Waals surface area contributed by atoms with Gasteiger partial charge in [0.15, 0.2) is 6.29 Å². The predicted molar refractivity (Wildman–Crippen MR) is 86.8 cm³/mol. The Morgan fingerprint density at radius 2 is 2.04 bits per heavy atom. The Balaban J connectivity index is 1.95. The topological polar surface area (TPSA) is 86.6 Å². The monoisotopic (exact) mass is 320 g/mol. The summed E-state index contributed by atoms with van der Waals surface area (Å²) in [6.45, 7) is 7.90. The molecule has 7 nitrogen and oxygen atoms in total. The van der Waals surface area contributed by atoms with Gasteiger partial charge in [0.25, 0.3) is 0 Å². The van der Waals surface area contributed by atoms with E-state index in [4.69, 9.17) is 0 Å². The lowest BCUT2D eigenvalue weighted by Crippen LogP contribution is -2.49. The molecule has 0 radical (unpaired) electrons. The normalized spacial score (nSPS) is 16.2. The van der Waals surface area contributed by atoms with Crippen LogP contribution < -0.4 is 4.90 Å². The maximum atomic E-state index is 11.4. The second-order valence-electron chi connectivity index (χ2n) is 6.91. The third-order valence-electron chi connectivity index (χ3n) is 4.21. The van der Waals surface area contributed by atoms with Crippen LogP contribution in [-0.4, -0.2) is 57.5 Å². The summed E-state index contributed by atoms with van der Waals surface area (Å²) in [7, 11) is 0. The maximum Gasteiger partial charge on any atom is 0.407 e. The van der Waals surface area contributed by atoms with Crippen LogP contribution in [0.1, 0.15) is 44.1 Å². The van der Waals surface area contributed by atoms with Crippen molar-refractivity contribution in [1.29, 1.82) is 0 Å². The average molecular weight is 320 g/mol. The third-order valence-corrected chi connectivity index (χ3v) is 4.21. The van der Waals surface area contributed by atoms with Crippen molar-refractivity contribution in [1.82, 2.24) is 14.9 Å². The van der Waals surface area contributed by atoms with E-state index < -0.39 is 11.6 Å². The van der Waals surface area contributed by atoms with Crippen molar-refractivity contribution in [3.8, 4) is 0 Å². The number of anilines is 1. The first-order valence-electron chi connectivity index (χ1n) is 7.84. The van der Waals surface area contributed by atoms with Gasteiger partial charge in [-0.05, 0) is 39.5 Å². The quantitative estimate of drug-likeness (QED) is 0.857. The number of hydrogen-bond acceptors (Lipinski definition) is 5. The molecular formula is C16H24N4O3. The van der Waals surface area contributed by atoms with E-state index in [1.54, 1.807) is 6.07 Å². The lowest BCUT2D eigenvalue weighted by Gasteiger charge is -2.39. The summed E-state index contributed by atoms with van der Waals surface area (Å²) in [5.74, 6) is 1.10. The summed E-state index contributed by atoms with van der Waals surface area (Å²) in [5, 5.41) is 9.39. The van der Waals surface area contributed by atoms with Crippen LogP contribution in [-0.2, 0) is 0 Å². The zero-order chi connectivity index (χ0) is 17.0. The fourth-order valence-corrected chi connectivity index (χ4v) is 2.84. The second kappa shape index (κ2) is 6.93. The Hall–Kier alpha value is -2.18. The van der Waals surface area contributed by atoms with Crippen molar-refractivity contribution in [2.45, 2.75) is 39.2 Å². The van der Waals surface area contributed by atoms with Crippen LogP contribution in [0.5, 0.6) is 0 Å². The number of piperidine rings is 1. The zero-order valence-electron chi connectivity index (χ0n) is 13.9. The van der Waals surface area contributed by atoms with Crippen LogP contribution in [0.25, 0.3) is 0 Å². The third kappa shape index (κ3) is 4.40. The summed E-state index contributed by atoms with van der Waals surface area (Å²) in [5.41, 5.74) is -0.0176. The Morgan fingerprint density at radius 3 is 2.57 bits per heavy atom. The van der Waals surface area contributed by atoms with Gasteiger partial charge >= 0.3 is 6.09 Å². The molecule has 0 atom stereocenters. The molecule has 1 amide bonds. The van der Waals surface area contributed by atoms with Crippen LogP contribution in [0.15, 0.2) is 12.4 Å². The SMILES string of the molecule is CC(C)(C)N(CC1CCN(c2cc(C=O)ncn2)CC1)C(=O)O. The van der Waals surface area contributed by atoms with E-state index in [9.17, 15) is 14.7 Å². The largest absolute Gasteiger partial charge is 0.465 e. The van der Waals surface area contributed by atoms with E-state index in [-0.39, 0.29) is 0 Å². The Labute approximate surface area is 136 Å². The predicted octanol–water partition coefficient (Wildman–Crippen LogP) is 2.28. The van der Waals surface area contributed by atoms with E-state index in [2.05, 4.69) is 14.9 Å². The first-order valence-corrected chi connectivity index (χ1v) is 7.84. The number of aldehydes is 1. The Bertz CT molecular complexity index is 563. The van der Waals surface area contributed by atoms with E-state index >= 15 is 0 Å². The number of carbonyl (C=O) groups is 2. The molecule has 7 heteroatoms. The summed E-state index contributed by atoms with van der Waals surface area (Å²) in [4.78, 5) is 34.0. The van der Waals surface area contributed by atoms with Gasteiger partial charge in [-0.2, -0.15) is 0 Å². The van der Waals surface area contributed by atoms with Gasteiger partial charge in [-0.25, -0.2) is 14.8 Å². The van der Waals surface area contributed by atoms with Gasteiger partial charge in [0.05, 0.1) is 0 Å². The van der Waals surface area contributed by atoms with Gasteiger partial charge in [0.2, 0.25) is 0 Å². The number of aromatic nitrogens is 2. The maximum absolute atomic E-state index is 11.4. The number of carboxylic acid groups (broad SMARTS) is 1. The Kier molecular flexibility index (Phi) is 5.18. The molecule has 2 rings (SSSR count). The van der Waals surface area contributed by atoms with Gasteiger partial charge in [-0.3, -0.25) is 4.79 Å². The molecule has 2 heterocycles. The minimum absolute atomic E-state index is 0.342. The van der Waals surface area contributed by atoms with Gasteiger partial charge in [-0.15, -0.1) is 0 Å². The number of carbonyl (C=O) groups excluding carboxylic acids is 1. The number of rotatable bonds is 4. The van der Waals surface area contributed by atoms with Gasteiger partial charge in [0.1, 0.15) is 17.8 Å². The molecule has 1 aromatic heterocycles. The molecule has 0 aromatic carbocycles. The van der Waals surface area contributed by atoms with E-state index in [1.165, 1.54) is 11.2 Å². The lowest BCUT2D eigenvalue weighted by molar-refractivity contribution is 0.0851. The second-order valence-corrected chi connectivity index (χ2v) is 6.91. The van der Waals surface area contributed by atoms with Crippen molar-refractivity contribution >= 4 is 18.2 Å².